The van der Waals surface area contributed by atoms with Gasteiger partial charge in [-0.15, -0.1) is 0 Å². The average molecular weight is 325 g/mol. The molecule has 2 N–H and O–H groups in total. The van der Waals surface area contributed by atoms with E-state index in [4.69, 9.17) is 5.73 Å². The van der Waals surface area contributed by atoms with Crippen molar-refractivity contribution >= 4 is 16.7 Å². The summed E-state index contributed by atoms with van der Waals surface area (Å²) in [6.07, 6.45) is 3.39. The second kappa shape index (κ2) is 5.77. The highest BCUT2D eigenvalue weighted by Gasteiger charge is 2.15. The lowest BCUT2D eigenvalue weighted by atomic mass is 10.1. The van der Waals surface area contributed by atoms with E-state index in [2.05, 4.69) is 51.8 Å². The summed E-state index contributed by atoms with van der Waals surface area (Å²) in [6.45, 7) is 2.05. The van der Waals surface area contributed by atoms with Crippen LogP contribution in [-0.2, 0) is 0 Å². The smallest absolute Gasteiger partial charge is 0.142 e. The summed E-state index contributed by atoms with van der Waals surface area (Å²) >= 11 is 0. The van der Waals surface area contributed by atoms with Gasteiger partial charge in [-0.05, 0) is 43.3 Å². The lowest BCUT2D eigenvalue weighted by Gasteiger charge is -2.12. The van der Waals surface area contributed by atoms with Gasteiger partial charge in [-0.1, -0.05) is 17.7 Å². The Morgan fingerprint density at radius 1 is 1.08 bits per heavy atom. The first-order valence-electron chi connectivity index (χ1n) is 7.87. The third-order valence-corrected chi connectivity index (χ3v) is 4.21. The van der Waals surface area contributed by atoms with Crippen LogP contribution in [0.5, 0.6) is 0 Å². The number of aromatic nitrogens is 3. The molecule has 120 valence electrons. The van der Waals surface area contributed by atoms with Crippen molar-refractivity contribution in [2.45, 2.75) is 6.92 Å². The zero-order valence-electron chi connectivity index (χ0n) is 13.6. The van der Waals surface area contributed by atoms with Gasteiger partial charge in [0, 0.05) is 29.0 Å². The molecule has 0 fully saturated rings. The van der Waals surface area contributed by atoms with Gasteiger partial charge >= 0.3 is 0 Å². The Morgan fingerprint density at radius 2 is 1.88 bits per heavy atom. The van der Waals surface area contributed by atoms with Crippen LogP contribution in [0.25, 0.3) is 27.8 Å². The number of hydrogen-bond acceptors (Lipinski definition) is 4. The number of fused-ring (bicyclic) bond motifs is 1. The molecular weight excluding hydrogens is 310 g/mol. The number of benzene rings is 1. The van der Waals surface area contributed by atoms with Crippen LogP contribution >= 0.6 is 0 Å². The SMILES string of the molecule is Cc1ccc(-n2c(-c3cccnc3N)cc3cnc(C#N)cc32)cc1. The number of hydrogen-bond donors (Lipinski definition) is 1. The van der Waals surface area contributed by atoms with E-state index in [0.29, 0.717) is 11.5 Å². The quantitative estimate of drug-likeness (QED) is 0.607. The van der Waals surface area contributed by atoms with E-state index in [9.17, 15) is 5.26 Å². The molecule has 0 aliphatic rings. The average Bonchev–Trinajstić information content (AvgIpc) is 3.01. The van der Waals surface area contributed by atoms with Gasteiger partial charge < -0.3 is 10.3 Å². The monoisotopic (exact) mass is 325 g/mol. The van der Waals surface area contributed by atoms with Crippen molar-refractivity contribution in [2.75, 3.05) is 5.73 Å². The summed E-state index contributed by atoms with van der Waals surface area (Å²) in [6, 6.07) is 18.0. The fourth-order valence-electron chi connectivity index (χ4n) is 2.97. The van der Waals surface area contributed by atoms with Crippen molar-refractivity contribution in [2.24, 2.45) is 0 Å². The molecule has 0 amide bonds. The Morgan fingerprint density at radius 3 is 2.60 bits per heavy atom. The van der Waals surface area contributed by atoms with Crippen LogP contribution in [-0.4, -0.2) is 14.5 Å². The van der Waals surface area contributed by atoms with Crippen molar-refractivity contribution in [3.8, 4) is 23.0 Å². The van der Waals surface area contributed by atoms with Gasteiger partial charge in [0.2, 0.25) is 0 Å². The molecule has 3 aromatic heterocycles. The third kappa shape index (κ3) is 2.50. The topological polar surface area (TPSA) is 80.5 Å². The van der Waals surface area contributed by atoms with Crippen molar-refractivity contribution in [3.63, 3.8) is 0 Å². The first-order chi connectivity index (χ1) is 12.2. The Balaban J connectivity index is 2.09. The molecule has 5 nitrogen and oxygen atoms in total. The maximum absolute atomic E-state index is 9.21. The third-order valence-electron chi connectivity index (χ3n) is 4.21. The zero-order valence-corrected chi connectivity index (χ0v) is 13.6. The minimum Gasteiger partial charge on any atom is -0.383 e. The summed E-state index contributed by atoms with van der Waals surface area (Å²) < 4.78 is 2.09. The first kappa shape index (κ1) is 14.9. The molecule has 1 aromatic carbocycles. The van der Waals surface area contributed by atoms with Crippen LogP contribution in [0.1, 0.15) is 11.3 Å². The highest BCUT2D eigenvalue weighted by atomic mass is 15.0. The van der Waals surface area contributed by atoms with E-state index in [1.807, 2.05) is 18.2 Å². The van der Waals surface area contributed by atoms with E-state index in [1.54, 1.807) is 18.5 Å². The molecule has 25 heavy (non-hydrogen) atoms. The fourth-order valence-corrected chi connectivity index (χ4v) is 2.97. The van der Waals surface area contributed by atoms with Gasteiger partial charge in [-0.3, -0.25) is 0 Å². The Bertz CT molecular complexity index is 1120. The summed E-state index contributed by atoms with van der Waals surface area (Å²) in [5.41, 5.74) is 11.3. The van der Waals surface area contributed by atoms with Gasteiger partial charge in [-0.2, -0.15) is 5.26 Å². The standard InChI is InChI=1S/C20H15N5/c1-13-4-6-16(7-5-13)25-18-10-15(11-21)24-12-14(18)9-19(25)17-3-2-8-23-20(17)22/h2-10,12H,1H3,(H2,22,23). The normalized spacial score (nSPS) is 10.7. The fraction of sp³-hybridized carbons (Fsp3) is 0.0500. The minimum absolute atomic E-state index is 0.379. The molecule has 0 unspecified atom stereocenters. The molecule has 0 atom stereocenters. The molecule has 0 aliphatic carbocycles. The Hall–Kier alpha value is -3.65. The predicted octanol–water partition coefficient (Wildman–Crippen LogP) is 3.85. The van der Waals surface area contributed by atoms with Crippen LogP contribution in [0.3, 0.4) is 0 Å². The molecule has 0 radical (unpaired) electrons. The number of anilines is 1. The summed E-state index contributed by atoms with van der Waals surface area (Å²) in [7, 11) is 0. The summed E-state index contributed by atoms with van der Waals surface area (Å²) in [5.74, 6) is 0.465. The van der Waals surface area contributed by atoms with E-state index < -0.39 is 0 Å². The van der Waals surface area contributed by atoms with E-state index in [1.165, 1.54) is 5.56 Å². The molecule has 0 saturated carbocycles. The largest absolute Gasteiger partial charge is 0.383 e. The van der Waals surface area contributed by atoms with Crippen LogP contribution in [0.15, 0.2) is 60.9 Å². The van der Waals surface area contributed by atoms with Crippen LogP contribution in [0.4, 0.5) is 5.82 Å². The first-order valence-corrected chi connectivity index (χ1v) is 7.87. The molecule has 0 aliphatic heterocycles. The number of rotatable bonds is 2. The molecule has 4 aromatic rings. The van der Waals surface area contributed by atoms with Crippen molar-refractivity contribution in [1.29, 1.82) is 5.26 Å². The van der Waals surface area contributed by atoms with Crippen molar-refractivity contribution in [1.82, 2.24) is 14.5 Å². The Labute approximate surface area is 145 Å². The molecular formula is C20H15N5. The van der Waals surface area contributed by atoms with Crippen molar-refractivity contribution < 1.29 is 0 Å². The maximum atomic E-state index is 9.21. The highest BCUT2D eigenvalue weighted by molar-refractivity contribution is 5.91. The minimum atomic E-state index is 0.379. The van der Waals surface area contributed by atoms with Gasteiger partial charge in [0.1, 0.15) is 17.6 Å². The lowest BCUT2D eigenvalue weighted by molar-refractivity contribution is 1.12. The second-order valence-corrected chi connectivity index (χ2v) is 5.88. The summed E-state index contributed by atoms with van der Waals surface area (Å²) in [4.78, 5) is 8.39. The zero-order chi connectivity index (χ0) is 17.4. The van der Waals surface area contributed by atoms with Crippen LogP contribution < -0.4 is 5.73 Å². The van der Waals surface area contributed by atoms with Gasteiger partial charge in [0.05, 0.1) is 11.2 Å². The number of nitriles is 1. The van der Waals surface area contributed by atoms with Crippen LogP contribution in [0.2, 0.25) is 0 Å². The number of nitrogen functional groups attached to an aromatic ring is 1. The molecule has 0 spiro atoms. The summed E-state index contributed by atoms with van der Waals surface area (Å²) in [5, 5.41) is 10.2. The predicted molar refractivity (Wildman–Crippen MR) is 98.2 cm³/mol. The van der Waals surface area contributed by atoms with Gasteiger partial charge in [0.25, 0.3) is 0 Å². The van der Waals surface area contributed by atoms with E-state index in [0.717, 1.165) is 27.8 Å². The number of nitrogens with two attached hydrogens (primary N) is 1. The maximum Gasteiger partial charge on any atom is 0.142 e. The van der Waals surface area contributed by atoms with Crippen molar-refractivity contribution in [3.05, 3.63) is 72.2 Å². The number of nitrogens with zero attached hydrogens (tertiary/aromatic N) is 4. The number of aryl methyl sites for hydroxylation is 1. The highest BCUT2D eigenvalue weighted by Crippen LogP contribution is 2.33. The number of pyridine rings is 2. The molecule has 4 rings (SSSR count). The van der Waals surface area contributed by atoms with E-state index >= 15 is 0 Å². The Kier molecular flexibility index (Phi) is 3.44. The van der Waals surface area contributed by atoms with Gasteiger partial charge in [0.15, 0.2) is 0 Å². The van der Waals surface area contributed by atoms with E-state index in [-0.39, 0.29) is 0 Å². The lowest BCUT2D eigenvalue weighted by Crippen LogP contribution is -2.00. The van der Waals surface area contributed by atoms with Gasteiger partial charge in [-0.25, -0.2) is 9.97 Å². The second-order valence-electron chi connectivity index (χ2n) is 5.88. The molecule has 5 heteroatoms. The molecule has 0 saturated heterocycles. The molecule has 0 bridgehead atoms. The van der Waals surface area contributed by atoms with Crippen LogP contribution in [0, 0.1) is 18.3 Å². The molecule has 3 heterocycles.